The summed E-state index contributed by atoms with van der Waals surface area (Å²) in [7, 11) is -4.12. The number of allylic oxidation sites excluding steroid dienone is 3. The average molecular weight is 768 g/mol. The van der Waals surface area contributed by atoms with E-state index in [1.807, 2.05) is 51.1 Å². The monoisotopic (exact) mass is 766 g/mol. The summed E-state index contributed by atoms with van der Waals surface area (Å²) in [4.78, 5) is 25.7. The SMILES string of the molecule is CCOc1cc(Cl)c(S(=O)(=O)NC(C)(C)C)cc1/C(=N/C(C)(C)C1C=CC(Cl)=CC1)N(Cc1ccc(Cl)cc1)C(=O)N1CCN(CCN)CC1. The van der Waals surface area contributed by atoms with Gasteiger partial charge in [-0.25, -0.2) is 17.9 Å². The zero-order valence-electron chi connectivity index (χ0n) is 29.7. The Hall–Kier alpha value is -2.64. The zero-order chi connectivity index (χ0) is 36.9. The molecule has 14 heteroatoms. The minimum absolute atomic E-state index is 0.0193. The normalized spacial score (nSPS) is 17.9. The summed E-state index contributed by atoms with van der Waals surface area (Å²) in [5.74, 6) is 0.465. The number of amidine groups is 1. The van der Waals surface area contributed by atoms with Gasteiger partial charge in [-0.05, 0) is 77.8 Å². The van der Waals surface area contributed by atoms with E-state index in [0.717, 1.165) is 12.1 Å². The lowest BCUT2D eigenvalue weighted by atomic mass is 9.83. The Kier molecular flexibility index (Phi) is 13.5. The van der Waals surface area contributed by atoms with Gasteiger partial charge in [0.1, 0.15) is 16.5 Å². The van der Waals surface area contributed by atoms with Gasteiger partial charge in [0.05, 0.1) is 29.3 Å². The van der Waals surface area contributed by atoms with Crippen molar-refractivity contribution in [3.8, 4) is 5.75 Å². The molecule has 2 aromatic rings. The van der Waals surface area contributed by atoms with E-state index >= 15 is 0 Å². The second-order valence-corrected chi connectivity index (χ2v) is 17.0. The van der Waals surface area contributed by atoms with E-state index < -0.39 is 21.1 Å². The summed E-state index contributed by atoms with van der Waals surface area (Å²) < 4.78 is 36.4. The number of aliphatic imine (C=N–C) groups is 1. The van der Waals surface area contributed by atoms with Gasteiger partial charge in [-0.2, -0.15) is 0 Å². The Labute approximate surface area is 312 Å². The fraction of sp³-hybridized carbons (Fsp3) is 0.500. The van der Waals surface area contributed by atoms with E-state index in [4.69, 9.17) is 50.3 Å². The minimum atomic E-state index is -4.12. The van der Waals surface area contributed by atoms with Gasteiger partial charge in [-0.15, -0.1) is 0 Å². The molecule has 2 aliphatic rings. The van der Waals surface area contributed by atoms with Crippen molar-refractivity contribution in [3.63, 3.8) is 0 Å². The van der Waals surface area contributed by atoms with E-state index in [-0.39, 0.29) is 40.9 Å². The number of carbonyl (C=O) groups is 1. The molecule has 3 N–H and O–H groups in total. The first-order valence-electron chi connectivity index (χ1n) is 16.8. The molecular formula is C36H49Cl3N6O4S. The van der Waals surface area contributed by atoms with Crippen LogP contribution in [-0.4, -0.2) is 91.9 Å². The zero-order valence-corrected chi connectivity index (χ0v) is 32.8. The molecule has 50 heavy (non-hydrogen) atoms. The lowest BCUT2D eigenvalue weighted by molar-refractivity contribution is 0.126. The van der Waals surface area contributed by atoms with E-state index in [0.29, 0.717) is 60.5 Å². The van der Waals surface area contributed by atoms with Crippen LogP contribution in [0.25, 0.3) is 0 Å². The van der Waals surface area contributed by atoms with Gasteiger partial charge < -0.3 is 15.4 Å². The number of rotatable bonds is 11. The molecule has 1 aliphatic carbocycles. The van der Waals surface area contributed by atoms with Crippen LogP contribution < -0.4 is 15.2 Å². The van der Waals surface area contributed by atoms with Crippen LogP contribution in [0.5, 0.6) is 5.75 Å². The third-order valence-electron chi connectivity index (χ3n) is 8.49. The number of halogens is 3. The molecule has 0 saturated carbocycles. The number of benzene rings is 2. The number of nitrogens with one attached hydrogen (secondary N) is 1. The number of sulfonamides is 1. The van der Waals surface area contributed by atoms with Gasteiger partial charge in [0.15, 0.2) is 0 Å². The highest BCUT2D eigenvalue weighted by molar-refractivity contribution is 7.89. The summed E-state index contributed by atoms with van der Waals surface area (Å²) in [6, 6.07) is 9.92. The number of hydrogen-bond acceptors (Lipinski definition) is 7. The maximum Gasteiger partial charge on any atom is 0.326 e. The Morgan fingerprint density at radius 3 is 2.28 bits per heavy atom. The first-order valence-corrected chi connectivity index (χ1v) is 19.4. The number of amides is 2. The van der Waals surface area contributed by atoms with Gasteiger partial charge >= 0.3 is 6.03 Å². The first kappa shape index (κ1) is 40.1. The smallest absolute Gasteiger partial charge is 0.326 e. The van der Waals surface area contributed by atoms with Gasteiger partial charge in [0, 0.05) is 66.8 Å². The van der Waals surface area contributed by atoms with Crippen LogP contribution in [0.15, 0.2) is 69.5 Å². The summed E-state index contributed by atoms with van der Waals surface area (Å²) in [5.41, 5.74) is 5.36. The fourth-order valence-electron chi connectivity index (χ4n) is 5.91. The van der Waals surface area contributed by atoms with Crippen LogP contribution in [0.1, 0.15) is 59.1 Å². The topological polar surface area (TPSA) is 121 Å². The van der Waals surface area contributed by atoms with Crippen LogP contribution in [0.2, 0.25) is 10.0 Å². The predicted octanol–water partition coefficient (Wildman–Crippen LogP) is 6.89. The molecule has 2 aromatic carbocycles. The Balaban J connectivity index is 1.98. The van der Waals surface area contributed by atoms with Crippen molar-refractivity contribution in [3.05, 3.63) is 80.8 Å². The number of nitrogens with zero attached hydrogens (tertiary/aromatic N) is 4. The first-order chi connectivity index (χ1) is 23.4. The van der Waals surface area contributed by atoms with Crippen molar-refractivity contribution in [2.45, 2.75) is 70.5 Å². The maximum absolute atomic E-state index is 14.8. The largest absolute Gasteiger partial charge is 0.493 e. The Morgan fingerprint density at radius 2 is 1.72 bits per heavy atom. The van der Waals surface area contributed by atoms with Gasteiger partial charge in [0.25, 0.3) is 0 Å². The number of urea groups is 1. The molecule has 1 atom stereocenters. The highest BCUT2D eigenvalue weighted by atomic mass is 35.5. The quantitative estimate of drug-likeness (QED) is 0.190. The van der Waals surface area contributed by atoms with Crippen molar-refractivity contribution >= 4 is 56.7 Å². The summed E-state index contributed by atoms with van der Waals surface area (Å²) in [6.45, 7) is 15.0. The highest BCUT2D eigenvalue weighted by Gasteiger charge is 2.36. The average Bonchev–Trinajstić information content (AvgIpc) is 3.03. The molecule has 0 radical (unpaired) electrons. The second-order valence-electron chi connectivity index (χ2n) is 14.1. The Bertz CT molecular complexity index is 1710. The number of nitrogens with two attached hydrogens (primary N) is 1. The molecule has 0 aromatic heterocycles. The second kappa shape index (κ2) is 16.8. The van der Waals surface area contributed by atoms with Crippen molar-refractivity contribution < 1.29 is 17.9 Å². The molecule has 1 unspecified atom stereocenters. The van der Waals surface area contributed by atoms with Crippen molar-refractivity contribution in [2.75, 3.05) is 45.9 Å². The van der Waals surface area contributed by atoms with Crippen LogP contribution in [-0.2, 0) is 16.6 Å². The van der Waals surface area contributed by atoms with Crippen molar-refractivity contribution in [2.24, 2.45) is 16.6 Å². The van der Waals surface area contributed by atoms with Crippen LogP contribution in [0.4, 0.5) is 4.79 Å². The molecule has 0 spiro atoms. The molecule has 274 valence electrons. The highest BCUT2D eigenvalue weighted by Crippen LogP contribution is 2.36. The molecule has 1 aliphatic heterocycles. The third kappa shape index (κ3) is 10.5. The molecule has 0 bridgehead atoms. The molecule has 1 saturated heterocycles. The van der Waals surface area contributed by atoms with Crippen LogP contribution in [0.3, 0.4) is 0 Å². The summed E-state index contributed by atoms with van der Waals surface area (Å²) >= 11 is 19.2. The number of piperazine rings is 1. The number of hydrogen-bond donors (Lipinski definition) is 2. The lowest BCUT2D eigenvalue weighted by Crippen LogP contribution is -2.54. The fourth-order valence-corrected chi connectivity index (χ4v) is 8.16. The van der Waals surface area contributed by atoms with Crippen LogP contribution >= 0.6 is 34.8 Å². The molecule has 2 amide bonds. The predicted molar refractivity (Wildman–Crippen MR) is 204 cm³/mol. The van der Waals surface area contributed by atoms with Gasteiger partial charge in [0.2, 0.25) is 10.0 Å². The third-order valence-corrected chi connectivity index (χ3v) is 11.2. The van der Waals surface area contributed by atoms with Crippen molar-refractivity contribution in [1.82, 2.24) is 19.4 Å². The van der Waals surface area contributed by atoms with E-state index in [1.54, 1.807) is 42.7 Å². The molecule has 4 rings (SSSR count). The van der Waals surface area contributed by atoms with E-state index in [9.17, 15) is 13.2 Å². The van der Waals surface area contributed by atoms with Gasteiger partial charge in [-0.3, -0.25) is 14.8 Å². The summed E-state index contributed by atoms with van der Waals surface area (Å²) in [5, 5.41) is 1.19. The molecule has 1 heterocycles. The Morgan fingerprint density at radius 1 is 1.06 bits per heavy atom. The standard InChI is InChI=1S/C36H49Cl3N6O4S/c1-7-49-31-23-30(39)32(50(47,48)42-35(2,3)4)22-29(31)33(41-36(5,6)26-10-14-28(38)15-11-26)45(24-25-8-12-27(37)13-9-25)34(46)44-20-18-43(17-16-40)19-21-44/h8-10,12-15,22-23,26,42H,7,11,16-21,24,40H2,1-6H3/b41-33-. The van der Waals surface area contributed by atoms with Crippen molar-refractivity contribution in [1.29, 1.82) is 0 Å². The maximum atomic E-state index is 14.8. The van der Waals surface area contributed by atoms with E-state index in [2.05, 4.69) is 9.62 Å². The lowest BCUT2D eigenvalue weighted by Gasteiger charge is -2.39. The van der Waals surface area contributed by atoms with Crippen LogP contribution in [0, 0.1) is 5.92 Å². The van der Waals surface area contributed by atoms with E-state index in [1.165, 1.54) is 12.1 Å². The molecule has 1 fully saturated rings. The molecular weight excluding hydrogens is 719 g/mol. The molecule has 10 nitrogen and oxygen atoms in total. The summed E-state index contributed by atoms with van der Waals surface area (Å²) in [6.07, 6.45) is 6.43. The number of carbonyl (C=O) groups excluding carboxylic acids is 1. The minimum Gasteiger partial charge on any atom is -0.493 e. The van der Waals surface area contributed by atoms with Gasteiger partial charge in [-0.1, -0.05) is 59.1 Å². The number of ether oxygens (including phenoxy) is 1.